The number of methoxy groups -OCH3 is 1. The Morgan fingerprint density at radius 1 is 1.10 bits per heavy atom. The van der Waals surface area contributed by atoms with Crippen molar-refractivity contribution in [2.45, 2.75) is 39.3 Å². The number of H-pyrrole nitrogens is 1. The number of hydrogen-bond acceptors (Lipinski definition) is 7. The van der Waals surface area contributed by atoms with Crippen LogP contribution in [0.25, 0.3) is 0 Å². The van der Waals surface area contributed by atoms with Gasteiger partial charge in [-0.05, 0) is 36.2 Å². The van der Waals surface area contributed by atoms with E-state index in [1.54, 1.807) is 31.3 Å². The number of aromatic nitrogens is 3. The van der Waals surface area contributed by atoms with Crippen molar-refractivity contribution in [1.82, 2.24) is 25.4 Å². The van der Waals surface area contributed by atoms with Crippen molar-refractivity contribution in [3.05, 3.63) is 65.2 Å². The largest absolute Gasteiger partial charge is 0.495 e. The third kappa shape index (κ3) is 8.28. The summed E-state index contributed by atoms with van der Waals surface area (Å²) in [6.45, 7) is 3.23. The van der Waals surface area contributed by atoms with E-state index in [1.807, 2.05) is 25.1 Å². The Morgan fingerprint density at radius 2 is 1.82 bits per heavy atom. The van der Waals surface area contributed by atoms with Gasteiger partial charge in [0.25, 0.3) is 0 Å². The van der Waals surface area contributed by atoms with E-state index in [0.717, 1.165) is 5.56 Å². The van der Waals surface area contributed by atoms with Crippen LogP contribution in [0.3, 0.4) is 0 Å². The molecule has 1 heterocycles. The fourth-order valence-corrected chi connectivity index (χ4v) is 3.72. The minimum atomic E-state index is -1.11. The molecule has 3 aromatic rings. The summed E-state index contributed by atoms with van der Waals surface area (Å²) >= 11 is 0. The zero-order chi connectivity index (χ0) is 28.5. The van der Waals surface area contributed by atoms with Gasteiger partial charge in [-0.3, -0.25) is 19.5 Å². The molecule has 0 fully saturated rings. The van der Waals surface area contributed by atoms with Gasteiger partial charge >= 0.3 is 12.0 Å². The van der Waals surface area contributed by atoms with E-state index in [4.69, 9.17) is 9.84 Å². The van der Waals surface area contributed by atoms with Gasteiger partial charge in [-0.2, -0.15) is 5.10 Å². The van der Waals surface area contributed by atoms with E-state index >= 15 is 0 Å². The molecule has 1 aromatic heterocycles. The number of nitrogens with one attached hydrogen (secondary N) is 4. The first-order valence-corrected chi connectivity index (χ1v) is 12.0. The van der Waals surface area contributed by atoms with Gasteiger partial charge in [0.1, 0.15) is 11.6 Å². The average Bonchev–Trinajstić information content (AvgIpc) is 3.33. The van der Waals surface area contributed by atoms with Gasteiger partial charge in [-0.1, -0.05) is 24.3 Å². The molecule has 0 saturated carbocycles. The number of hydrogen-bond donors (Lipinski definition) is 5. The van der Waals surface area contributed by atoms with E-state index in [2.05, 4.69) is 31.1 Å². The van der Waals surface area contributed by atoms with Crippen LogP contribution in [0.5, 0.6) is 5.75 Å². The lowest BCUT2D eigenvalue weighted by atomic mass is 10.1. The lowest BCUT2D eigenvalue weighted by Crippen LogP contribution is -2.29. The molecule has 3 rings (SSSR count). The highest BCUT2D eigenvalue weighted by atomic mass is 16.5. The minimum Gasteiger partial charge on any atom is -0.495 e. The van der Waals surface area contributed by atoms with Crippen molar-refractivity contribution in [3.8, 4) is 5.75 Å². The van der Waals surface area contributed by atoms with Gasteiger partial charge in [0, 0.05) is 19.7 Å². The smallest absolute Gasteiger partial charge is 0.323 e. The maximum absolute atomic E-state index is 12.9. The van der Waals surface area contributed by atoms with E-state index in [0.29, 0.717) is 22.7 Å². The number of carboxylic acids is 1. The Kier molecular flexibility index (Phi) is 9.57. The van der Waals surface area contributed by atoms with Crippen molar-refractivity contribution >= 4 is 35.2 Å². The van der Waals surface area contributed by atoms with Gasteiger partial charge < -0.3 is 30.7 Å². The Labute approximate surface area is 225 Å². The molecular weight excluding hydrogens is 506 g/mol. The number of anilines is 2. The molecule has 1 unspecified atom stereocenters. The third-order valence-corrected chi connectivity index (χ3v) is 5.70. The van der Waals surface area contributed by atoms with Gasteiger partial charge in [0.15, 0.2) is 5.82 Å². The van der Waals surface area contributed by atoms with Crippen LogP contribution < -0.4 is 20.7 Å². The van der Waals surface area contributed by atoms with Crippen LogP contribution in [0.1, 0.15) is 42.2 Å². The van der Waals surface area contributed by atoms with Crippen LogP contribution in [-0.4, -0.2) is 63.2 Å². The monoisotopic (exact) mass is 537 g/mol. The average molecular weight is 538 g/mol. The number of likely N-dealkylation sites (N-methyl/N-ethyl adjacent to an activating group) is 1. The van der Waals surface area contributed by atoms with Crippen molar-refractivity contribution in [3.63, 3.8) is 0 Å². The summed E-state index contributed by atoms with van der Waals surface area (Å²) in [5, 5.41) is 23.8. The van der Waals surface area contributed by atoms with Crippen LogP contribution in [-0.2, 0) is 27.3 Å². The molecule has 1 atom stereocenters. The number of carbonyl (C=O) groups excluding carboxylic acids is 3. The zero-order valence-electron chi connectivity index (χ0n) is 22.1. The summed E-state index contributed by atoms with van der Waals surface area (Å²) in [6, 6.07) is 11.1. The molecule has 5 N–H and O–H groups in total. The molecule has 0 aliphatic heterocycles. The van der Waals surface area contributed by atoms with Crippen molar-refractivity contribution in [2.24, 2.45) is 0 Å². The molecule has 0 radical (unpaired) electrons. The molecule has 206 valence electrons. The van der Waals surface area contributed by atoms with Crippen LogP contribution in [0.15, 0.2) is 42.5 Å². The maximum Gasteiger partial charge on any atom is 0.323 e. The van der Waals surface area contributed by atoms with Crippen molar-refractivity contribution in [2.75, 3.05) is 24.8 Å². The Bertz CT molecular complexity index is 1340. The van der Waals surface area contributed by atoms with E-state index < -0.39 is 23.9 Å². The quantitative estimate of drug-likeness (QED) is 0.248. The number of nitrogens with zero attached hydrogens (tertiary/aromatic N) is 3. The standard InChI is InChI=1S/C26H31N7O6/c1-15-7-5-6-8-18(15)28-26(38)29-19-10-9-17(11-21(19)39-4)12-23(35)33(3)14-22-30-25(32-31-22)20(13-24(36)37)27-16(2)34/h5-11,20H,12-14H2,1-4H3,(H,27,34)(H,36,37)(H2,28,29,38)(H,30,31,32). The minimum absolute atomic E-state index is 0.0490. The van der Waals surface area contributed by atoms with E-state index in [-0.39, 0.29) is 36.9 Å². The summed E-state index contributed by atoms with van der Waals surface area (Å²) < 4.78 is 5.42. The van der Waals surface area contributed by atoms with Crippen molar-refractivity contribution < 1.29 is 29.0 Å². The number of amides is 4. The van der Waals surface area contributed by atoms with Crippen molar-refractivity contribution in [1.29, 1.82) is 0 Å². The topological polar surface area (TPSA) is 179 Å². The highest BCUT2D eigenvalue weighted by Gasteiger charge is 2.22. The van der Waals surface area contributed by atoms with Gasteiger partial charge in [0.05, 0.1) is 38.2 Å². The molecule has 39 heavy (non-hydrogen) atoms. The fraction of sp³-hybridized carbons (Fsp3) is 0.308. The summed E-state index contributed by atoms with van der Waals surface area (Å²) in [5.74, 6) is -0.909. The highest BCUT2D eigenvalue weighted by molar-refractivity contribution is 6.01. The maximum atomic E-state index is 12.9. The summed E-state index contributed by atoms with van der Waals surface area (Å²) in [4.78, 5) is 53.5. The molecule has 13 nitrogen and oxygen atoms in total. The molecule has 13 heteroatoms. The number of para-hydroxylation sites is 1. The number of ether oxygens (including phenoxy) is 1. The molecule has 2 aromatic carbocycles. The molecule has 0 saturated heterocycles. The number of carbonyl (C=O) groups is 4. The lowest BCUT2D eigenvalue weighted by molar-refractivity contribution is -0.137. The number of aryl methyl sites for hydroxylation is 1. The van der Waals surface area contributed by atoms with Gasteiger partial charge in [-0.15, -0.1) is 0 Å². The number of rotatable bonds is 11. The molecule has 0 bridgehead atoms. The first-order chi connectivity index (χ1) is 18.5. The number of urea groups is 1. The summed E-state index contributed by atoms with van der Waals surface area (Å²) in [7, 11) is 3.06. The Morgan fingerprint density at radius 3 is 2.49 bits per heavy atom. The second kappa shape index (κ2) is 13.0. The second-order valence-electron chi connectivity index (χ2n) is 8.84. The first-order valence-electron chi connectivity index (χ1n) is 12.0. The molecular formula is C26H31N7O6. The zero-order valence-corrected chi connectivity index (χ0v) is 22.1. The van der Waals surface area contributed by atoms with Gasteiger partial charge in [0.2, 0.25) is 11.8 Å². The first kappa shape index (κ1) is 28.6. The lowest BCUT2D eigenvalue weighted by Gasteiger charge is -2.17. The molecule has 0 aliphatic carbocycles. The fourth-order valence-electron chi connectivity index (χ4n) is 3.72. The predicted molar refractivity (Wildman–Crippen MR) is 142 cm³/mol. The van der Waals surface area contributed by atoms with Crippen LogP contribution in [0.4, 0.5) is 16.2 Å². The summed E-state index contributed by atoms with van der Waals surface area (Å²) in [6.07, 6.45) is -0.323. The molecule has 0 spiro atoms. The molecule has 4 amide bonds. The predicted octanol–water partition coefficient (Wildman–Crippen LogP) is 2.62. The van der Waals surface area contributed by atoms with Crippen LogP contribution in [0, 0.1) is 6.92 Å². The van der Waals surface area contributed by atoms with Crippen LogP contribution in [0.2, 0.25) is 0 Å². The Balaban J connectivity index is 1.61. The number of aliphatic carboxylic acids is 1. The highest BCUT2D eigenvalue weighted by Crippen LogP contribution is 2.26. The Hall–Kier alpha value is -4.94. The summed E-state index contributed by atoms with van der Waals surface area (Å²) in [5.41, 5.74) is 2.71. The SMILES string of the molecule is COc1cc(CC(=O)N(C)Cc2n[nH]c(C(CC(=O)O)NC(C)=O)n2)ccc1NC(=O)Nc1ccccc1C. The van der Waals surface area contributed by atoms with E-state index in [9.17, 15) is 19.2 Å². The third-order valence-electron chi connectivity index (χ3n) is 5.70. The normalized spacial score (nSPS) is 11.3. The van der Waals surface area contributed by atoms with Gasteiger partial charge in [-0.25, -0.2) is 9.78 Å². The number of benzene rings is 2. The number of carboxylic acid groups (broad SMARTS) is 1. The molecule has 0 aliphatic rings. The number of aromatic amines is 1. The van der Waals surface area contributed by atoms with Crippen LogP contribution >= 0.6 is 0 Å². The van der Waals surface area contributed by atoms with E-state index in [1.165, 1.54) is 18.9 Å². The second-order valence-corrected chi connectivity index (χ2v) is 8.84.